The molecule has 1 atom stereocenters. The van der Waals surface area contributed by atoms with Gasteiger partial charge in [-0.15, -0.1) is 0 Å². The van der Waals surface area contributed by atoms with Crippen LogP contribution in [0.2, 0.25) is 0 Å². The van der Waals surface area contributed by atoms with Crippen LogP contribution < -0.4 is 11.1 Å². The zero-order valence-corrected chi connectivity index (χ0v) is 18.7. The first kappa shape index (κ1) is 24.1. The van der Waals surface area contributed by atoms with Crippen LogP contribution in [0.5, 0.6) is 0 Å². The summed E-state index contributed by atoms with van der Waals surface area (Å²) in [5, 5.41) is 2.60. The summed E-state index contributed by atoms with van der Waals surface area (Å²) in [5.41, 5.74) is 4.64. The lowest BCUT2D eigenvalue weighted by atomic mass is 10.0. The Bertz CT molecular complexity index is 1060. The molecule has 0 unspecified atom stereocenters. The van der Waals surface area contributed by atoms with Crippen LogP contribution in [0.4, 0.5) is 13.6 Å². The molecule has 0 spiro atoms. The highest BCUT2D eigenvalue weighted by atomic mass is 19.1. The van der Waals surface area contributed by atoms with E-state index in [4.69, 9.17) is 10.5 Å². The first-order chi connectivity index (χ1) is 15.4. The van der Waals surface area contributed by atoms with E-state index in [1.54, 1.807) is 31.5 Å². The summed E-state index contributed by atoms with van der Waals surface area (Å²) < 4.78 is 34.9. The van der Waals surface area contributed by atoms with Crippen LogP contribution >= 0.6 is 0 Å². The van der Waals surface area contributed by atoms with Crippen LogP contribution in [0, 0.1) is 11.6 Å². The third-order valence-electron chi connectivity index (χ3n) is 5.02. The molecule has 3 rings (SSSR count). The second kappa shape index (κ2) is 9.55. The molecule has 0 aliphatic carbocycles. The smallest absolute Gasteiger partial charge is 0.407 e. The molecule has 9 nitrogen and oxygen atoms in total. The van der Waals surface area contributed by atoms with Crippen molar-refractivity contribution in [2.24, 2.45) is 5.73 Å². The van der Waals surface area contributed by atoms with Gasteiger partial charge in [0.2, 0.25) is 5.91 Å². The number of nitrogens with one attached hydrogen (secondary N) is 1. The standard InChI is InChI=1S/C22H27F2N5O4/c1-22(2,3)33-21(32)26-15(9-13-8-14(23)4-5-16(13)24)10-19(30)29-7-6-28-11-17(20(25)31)27-18(28)12-29/h4-5,8,11,15H,6-7,9-10,12H2,1-3H3,(H2,25,31)(H,26,32)/t15-/m1/s1. The van der Waals surface area contributed by atoms with Gasteiger partial charge in [-0.3, -0.25) is 9.59 Å². The molecule has 1 aromatic carbocycles. The van der Waals surface area contributed by atoms with Crippen molar-refractivity contribution in [1.29, 1.82) is 0 Å². The van der Waals surface area contributed by atoms with Gasteiger partial charge in [0.1, 0.15) is 28.8 Å². The minimum Gasteiger partial charge on any atom is -0.444 e. The second-order valence-electron chi connectivity index (χ2n) is 8.90. The Kier molecular flexibility index (Phi) is 6.99. The fraction of sp³-hybridized carbons (Fsp3) is 0.455. The summed E-state index contributed by atoms with van der Waals surface area (Å²) >= 11 is 0. The number of carbonyl (C=O) groups is 3. The number of halogens is 2. The molecular formula is C22H27F2N5O4. The largest absolute Gasteiger partial charge is 0.444 e. The lowest BCUT2D eigenvalue weighted by Gasteiger charge is -2.30. The predicted octanol–water partition coefficient (Wildman–Crippen LogP) is 2.13. The fourth-order valence-corrected chi connectivity index (χ4v) is 3.54. The Balaban J connectivity index is 1.74. The molecule has 0 fully saturated rings. The summed E-state index contributed by atoms with van der Waals surface area (Å²) in [6.07, 6.45) is 0.498. The second-order valence-corrected chi connectivity index (χ2v) is 8.90. The molecule has 3 N–H and O–H groups in total. The maximum Gasteiger partial charge on any atom is 0.407 e. The molecule has 0 bridgehead atoms. The molecule has 0 saturated carbocycles. The van der Waals surface area contributed by atoms with Gasteiger partial charge < -0.3 is 25.3 Å². The van der Waals surface area contributed by atoms with Crippen LogP contribution in [0.3, 0.4) is 0 Å². The predicted molar refractivity (Wildman–Crippen MR) is 114 cm³/mol. The first-order valence-electron chi connectivity index (χ1n) is 10.5. The number of rotatable bonds is 6. The topological polar surface area (TPSA) is 120 Å². The summed E-state index contributed by atoms with van der Waals surface area (Å²) in [7, 11) is 0. The Labute approximate surface area is 189 Å². The molecule has 1 aliphatic rings. The highest BCUT2D eigenvalue weighted by Crippen LogP contribution is 2.18. The van der Waals surface area contributed by atoms with Gasteiger partial charge in [0.05, 0.1) is 6.54 Å². The molecule has 2 aromatic rings. The third-order valence-corrected chi connectivity index (χ3v) is 5.02. The number of alkyl carbamates (subject to hydrolysis) is 1. The minimum absolute atomic E-state index is 0.0316. The molecule has 1 aliphatic heterocycles. The minimum atomic E-state index is -0.841. The first-order valence-corrected chi connectivity index (χ1v) is 10.5. The van der Waals surface area contributed by atoms with Crippen molar-refractivity contribution in [2.45, 2.75) is 58.3 Å². The lowest BCUT2D eigenvalue weighted by Crippen LogP contribution is -2.45. The van der Waals surface area contributed by atoms with E-state index in [9.17, 15) is 23.2 Å². The monoisotopic (exact) mass is 463 g/mol. The number of primary amides is 1. The number of fused-ring (bicyclic) bond motifs is 1. The average Bonchev–Trinajstić information content (AvgIpc) is 3.13. The number of nitrogens with zero attached hydrogens (tertiary/aromatic N) is 3. The van der Waals surface area contributed by atoms with Gasteiger partial charge in [0.15, 0.2) is 0 Å². The van der Waals surface area contributed by atoms with Gasteiger partial charge in [-0.25, -0.2) is 18.6 Å². The van der Waals surface area contributed by atoms with Crippen LogP contribution in [0.25, 0.3) is 0 Å². The zero-order chi connectivity index (χ0) is 24.3. The van der Waals surface area contributed by atoms with Crippen molar-refractivity contribution in [3.8, 4) is 0 Å². The SMILES string of the molecule is CC(C)(C)OC(=O)N[C@@H](CC(=O)N1CCn2cc(C(N)=O)nc2C1)Cc1cc(F)ccc1F. The number of hydrogen-bond donors (Lipinski definition) is 2. The normalized spacial score (nSPS) is 14.4. The number of amides is 3. The Morgan fingerprint density at radius 1 is 1.24 bits per heavy atom. The molecule has 11 heteroatoms. The van der Waals surface area contributed by atoms with Crippen LogP contribution in [0.15, 0.2) is 24.4 Å². The summed E-state index contributed by atoms with van der Waals surface area (Å²) in [5.74, 6) is -1.73. The maximum absolute atomic E-state index is 14.2. The summed E-state index contributed by atoms with van der Waals surface area (Å²) in [6.45, 7) is 6.00. The van der Waals surface area contributed by atoms with E-state index in [1.807, 2.05) is 0 Å². The Morgan fingerprint density at radius 3 is 2.64 bits per heavy atom. The van der Waals surface area contributed by atoms with E-state index >= 15 is 0 Å². The number of benzene rings is 1. The molecule has 0 saturated heterocycles. The van der Waals surface area contributed by atoms with Crippen molar-refractivity contribution < 1.29 is 27.9 Å². The van der Waals surface area contributed by atoms with Gasteiger partial charge in [0, 0.05) is 31.7 Å². The third kappa shape index (κ3) is 6.50. The van der Waals surface area contributed by atoms with E-state index < -0.39 is 35.3 Å². The summed E-state index contributed by atoms with van der Waals surface area (Å²) in [6, 6.07) is 2.19. The molecule has 33 heavy (non-hydrogen) atoms. The highest BCUT2D eigenvalue weighted by Gasteiger charge is 2.28. The molecule has 1 aromatic heterocycles. The van der Waals surface area contributed by atoms with Gasteiger partial charge in [-0.1, -0.05) is 0 Å². The molecule has 2 heterocycles. The quantitative estimate of drug-likeness (QED) is 0.680. The van der Waals surface area contributed by atoms with Gasteiger partial charge in [-0.2, -0.15) is 0 Å². The highest BCUT2D eigenvalue weighted by molar-refractivity contribution is 5.90. The van der Waals surface area contributed by atoms with Crippen molar-refractivity contribution >= 4 is 17.9 Å². The molecule has 178 valence electrons. The number of ether oxygens (including phenoxy) is 1. The number of imidazole rings is 1. The Hall–Kier alpha value is -3.50. The van der Waals surface area contributed by atoms with Gasteiger partial charge in [-0.05, 0) is 51.0 Å². The van der Waals surface area contributed by atoms with E-state index in [2.05, 4.69) is 10.3 Å². The fourth-order valence-electron chi connectivity index (χ4n) is 3.54. The van der Waals surface area contributed by atoms with Crippen molar-refractivity contribution in [3.63, 3.8) is 0 Å². The van der Waals surface area contributed by atoms with E-state index in [0.717, 1.165) is 18.2 Å². The van der Waals surface area contributed by atoms with E-state index in [-0.39, 0.29) is 36.6 Å². The number of hydrogen-bond acceptors (Lipinski definition) is 5. The summed E-state index contributed by atoms with van der Waals surface area (Å²) in [4.78, 5) is 42.4. The van der Waals surface area contributed by atoms with Gasteiger partial charge in [0.25, 0.3) is 5.91 Å². The van der Waals surface area contributed by atoms with Crippen molar-refractivity contribution in [3.05, 3.63) is 53.1 Å². The molecule has 0 radical (unpaired) electrons. The lowest BCUT2D eigenvalue weighted by molar-refractivity contribution is -0.133. The Morgan fingerprint density at radius 2 is 1.97 bits per heavy atom. The zero-order valence-electron chi connectivity index (χ0n) is 18.7. The van der Waals surface area contributed by atoms with Crippen LogP contribution in [-0.4, -0.2) is 50.5 Å². The average molecular weight is 463 g/mol. The molecular weight excluding hydrogens is 436 g/mol. The van der Waals surface area contributed by atoms with Gasteiger partial charge >= 0.3 is 6.09 Å². The molecule has 3 amide bonds. The van der Waals surface area contributed by atoms with E-state index in [0.29, 0.717) is 18.9 Å². The van der Waals surface area contributed by atoms with Crippen LogP contribution in [-0.2, 0) is 29.0 Å². The number of nitrogens with two attached hydrogens (primary N) is 1. The number of carbonyl (C=O) groups excluding carboxylic acids is 3. The number of aromatic nitrogens is 2. The van der Waals surface area contributed by atoms with Crippen molar-refractivity contribution in [2.75, 3.05) is 6.54 Å². The maximum atomic E-state index is 14.2. The van der Waals surface area contributed by atoms with Crippen molar-refractivity contribution in [1.82, 2.24) is 19.8 Å². The van der Waals surface area contributed by atoms with Crippen LogP contribution in [0.1, 0.15) is 49.1 Å². The van der Waals surface area contributed by atoms with E-state index in [1.165, 1.54) is 4.90 Å².